The molecule has 0 bridgehead atoms. The zero-order valence-electron chi connectivity index (χ0n) is 11.8. The van der Waals surface area contributed by atoms with Crippen LogP contribution < -0.4 is 10.2 Å². The second kappa shape index (κ2) is 5.98. The summed E-state index contributed by atoms with van der Waals surface area (Å²) >= 11 is 3.36. The number of rotatable bonds is 5. The molecule has 0 amide bonds. The van der Waals surface area contributed by atoms with E-state index in [1.54, 1.807) is 22.7 Å². The summed E-state index contributed by atoms with van der Waals surface area (Å²) in [6.07, 6.45) is 1.95. The van der Waals surface area contributed by atoms with E-state index < -0.39 is 0 Å². The van der Waals surface area contributed by atoms with E-state index in [0.29, 0.717) is 0 Å². The number of nitrogens with zero attached hydrogens (tertiary/aromatic N) is 3. The van der Waals surface area contributed by atoms with Crippen molar-refractivity contribution >= 4 is 27.8 Å². The molecule has 0 aromatic carbocycles. The second-order valence-corrected chi connectivity index (χ2v) is 7.36. The van der Waals surface area contributed by atoms with Crippen molar-refractivity contribution in [3.8, 4) is 0 Å². The van der Waals surface area contributed by atoms with Gasteiger partial charge in [0.05, 0.1) is 17.7 Å². The van der Waals surface area contributed by atoms with E-state index >= 15 is 0 Å². The molecule has 4 nitrogen and oxygen atoms in total. The average molecular weight is 296 g/mol. The van der Waals surface area contributed by atoms with Crippen LogP contribution in [0.4, 0.5) is 5.13 Å². The third kappa shape index (κ3) is 4.56. The van der Waals surface area contributed by atoms with Crippen LogP contribution in [0.1, 0.15) is 31.3 Å². The lowest BCUT2D eigenvalue weighted by Gasteiger charge is -2.19. The molecule has 0 saturated carbocycles. The minimum absolute atomic E-state index is 0.136. The molecule has 0 spiro atoms. The van der Waals surface area contributed by atoms with Crippen LogP contribution in [-0.2, 0) is 13.1 Å². The first-order valence-corrected chi connectivity index (χ1v) is 7.98. The van der Waals surface area contributed by atoms with Crippen LogP contribution in [0.25, 0.3) is 0 Å². The van der Waals surface area contributed by atoms with E-state index in [1.807, 2.05) is 11.7 Å². The largest absolute Gasteiger partial charge is 0.345 e. The van der Waals surface area contributed by atoms with Gasteiger partial charge in [-0.15, -0.1) is 22.7 Å². The Morgan fingerprint density at radius 2 is 2.11 bits per heavy atom. The lowest BCUT2D eigenvalue weighted by atomic mass is 10.1. The molecule has 0 unspecified atom stereocenters. The van der Waals surface area contributed by atoms with E-state index in [-0.39, 0.29) is 5.54 Å². The Hall–Kier alpha value is -0.980. The molecule has 19 heavy (non-hydrogen) atoms. The Kier molecular flexibility index (Phi) is 4.54. The lowest BCUT2D eigenvalue weighted by Crippen LogP contribution is -2.34. The van der Waals surface area contributed by atoms with Crippen LogP contribution in [-0.4, -0.2) is 22.6 Å². The average Bonchev–Trinajstić information content (AvgIpc) is 2.95. The van der Waals surface area contributed by atoms with Crippen LogP contribution in [0.3, 0.4) is 0 Å². The summed E-state index contributed by atoms with van der Waals surface area (Å²) in [6.45, 7) is 8.19. The van der Waals surface area contributed by atoms with Gasteiger partial charge < -0.3 is 10.2 Å². The molecular weight excluding hydrogens is 276 g/mol. The molecule has 2 heterocycles. The number of hydrogen-bond acceptors (Lipinski definition) is 6. The van der Waals surface area contributed by atoms with Crippen LogP contribution in [0.2, 0.25) is 0 Å². The Balaban J connectivity index is 1.92. The molecule has 2 aromatic heterocycles. The summed E-state index contributed by atoms with van der Waals surface area (Å²) in [7, 11) is 2.05. The van der Waals surface area contributed by atoms with Crippen LogP contribution >= 0.6 is 22.7 Å². The molecule has 0 fully saturated rings. The van der Waals surface area contributed by atoms with Crippen LogP contribution in [0.5, 0.6) is 0 Å². The second-order valence-electron chi connectivity index (χ2n) is 5.55. The van der Waals surface area contributed by atoms with Crippen LogP contribution in [0.15, 0.2) is 17.1 Å². The Labute approximate surface area is 122 Å². The standard InChI is InChI=1S/C13H20N4S2/c1-13(2,3)16-6-11-5-14-12(19-11)17(4)7-10-8-18-9-15-10/h5,8-9,16H,6-7H2,1-4H3. The lowest BCUT2D eigenvalue weighted by molar-refractivity contribution is 0.426. The molecule has 0 radical (unpaired) electrons. The predicted octanol–water partition coefficient (Wildman–Crippen LogP) is 3.12. The summed E-state index contributed by atoms with van der Waals surface area (Å²) in [5, 5.41) is 6.59. The minimum atomic E-state index is 0.136. The number of thiazole rings is 2. The van der Waals surface area contributed by atoms with Crippen molar-refractivity contribution in [2.75, 3.05) is 11.9 Å². The Morgan fingerprint density at radius 1 is 1.32 bits per heavy atom. The van der Waals surface area contributed by atoms with Crippen molar-refractivity contribution in [2.45, 2.75) is 39.4 Å². The number of nitrogens with one attached hydrogen (secondary N) is 1. The van der Waals surface area contributed by atoms with Gasteiger partial charge in [-0.3, -0.25) is 0 Å². The summed E-state index contributed by atoms with van der Waals surface area (Å²) in [5.41, 5.74) is 3.09. The number of anilines is 1. The third-order valence-electron chi connectivity index (χ3n) is 2.54. The molecule has 6 heteroatoms. The quantitative estimate of drug-likeness (QED) is 0.920. The van der Waals surface area contributed by atoms with E-state index in [4.69, 9.17) is 0 Å². The summed E-state index contributed by atoms with van der Waals surface area (Å²) < 4.78 is 0. The molecule has 0 aliphatic rings. The zero-order valence-corrected chi connectivity index (χ0v) is 13.4. The predicted molar refractivity (Wildman–Crippen MR) is 82.9 cm³/mol. The number of hydrogen-bond donors (Lipinski definition) is 1. The monoisotopic (exact) mass is 296 g/mol. The molecule has 104 valence electrons. The van der Waals surface area contributed by atoms with Gasteiger partial charge in [0.15, 0.2) is 5.13 Å². The van der Waals surface area contributed by atoms with Crippen molar-refractivity contribution in [1.82, 2.24) is 15.3 Å². The smallest absolute Gasteiger partial charge is 0.185 e. The topological polar surface area (TPSA) is 41.1 Å². The highest BCUT2D eigenvalue weighted by atomic mass is 32.1. The van der Waals surface area contributed by atoms with Gasteiger partial charge in [0, 0.05) is 35.6 Å². The van der Waals surface area contributed by atoms with Crippen LogP contribution in [0, 0.1) is 0 Å². The zero-order chi connectivity index (χ0) is 13.9. The third-order valence-corrected chi connectivity index (χ3v) is 4.29. The highest BCUT2D eigenvalue weighted by molar-refractivity contribution is 7.15. The van der Waals surface area contributed by atoms with Gasteiger partial charge in [-0.1, -0.05) is 0 Å². The fraction of sp³-hybridized carbons (Fsp3) is 0.538. The molecule has 2 rings (SSSR count). The maximum absolute atomic E-state index is 4.48. The molecule has 0 aliphatic heterocycles. The van der Waals surface area contributed by atoms with Crippen molar-refractivity contribution in [1.29, 1.82) is 0 Å². The van der Waals surface area contributed by atoms with Gasteiger partial charge in [0.1, 0.15) is 0 Å². The first-order chi connectivity index (χ1) is 8.94. The van der Waals surface area contributed by atoms with E-state index in [9.17, 15) is 0 Å². The first kappa shape index (κ1) is 14.4. The normalized spacial score (nSPS) is 11.8. The van der Waals surface area contributed by atoms with Gasteiger partial charge in [0.2, 0.25) is 0 Å². The van der Waals surface area contributed by atoms with Crippen molar-refractivity contribution in [2.24, 2.45) is 0 Å². The fourth-order valence-corrected chi connectivity index (χ4v) is 2.89. The maximum atomic E-state index is 4.48. The highest BCUT2D eigenvalue weighted by Crippen LogP contribution is 2.23. The first-order valence-electron chi connectivity index (χ1n) is 6.22. The van der Waals surface area contributed by atoms with E-state index in [0.717, 1.165) is 23.9 Å². The summed E-state index contributed by atoms with van der Waals surface area (Å²) in [5.74, 6) is 0. The van der Waals surface area contributed by atoms with Gasteiger partial charge in [-0.05, 0) is 20.8 Å². The Morgan fingerprint density at radius 3 is 2.74 bits per heavy atom. The molecule has 1 N–H and O–H groups in total. The number of aromatic nitrogens is 2. The molecule has 0 atom stereocenters. The van der Waals surface area contributed by atoms with Gasteiger partial charge in [0.25, 0.3) is 0 Å². The molecule has 0 aliphatic carbocycles. The minimum Gasteiger partial charge on any atom is -0.345 e. The Bertz CT molecular complexity index is 499. The fourth-order valence-electron chi connectivity index (χ4n) is 1.53. The molecule has 2 aromatic rings. The SMILES string of the molecule is CN(Cc1cscn1)c1ncc(CNC(C)(C)C)s1. The van der Waals surface area contributed by atoms with E-state index in [2.05, 4.69) is 53.4 Å². The summed E-state index contributed by atoms with van der Waals surface area (Å²) in [6, 6.07) is 0. The molecular formula is C13H20N4S2. The molecule has 0 saturated heterocycles. The summed E-state index contributed by atoms with van der Waals surface area (Å²) in [4.78, 5) is 12.2. The van der Waals surface area contributed by atoms with Crippen molar-refractivity contribution in [3.63, 3.8) is 0 Å². The van der Waals surface area contributed by atoms with Gasteiger partial charge in [-0.25, -0.2) is 9.97 Å². The van der Waals surface area contributed by atoms with Gasteiger partial charge in [-0.2, -0.15) is 0 Å². The maximum Gasteiger partial charge on any atom is 0.185 e. The van der Waals surface area contributed by atoms with Gasteiger partial charge >= 0.3 is 0 Å². The highest BCUT2D eigenvalue weighted by Gasteiger charge is 2.12. The van der Waals surface area contributed by atoms with E-state index in [1.165, 1.54) is 4.88 Å². The van der Waals surface area contributed by atoms with Crippen molar-refractivity contribution < 1.29 is 0 Å². The van der Waals surface area contributed by atoms with Crippen molar-refractivity contribution in [3.05, 3.63) is 27.7 Å².